The molecule has 13 nitrogen and oxygen atoms in total. The summed E-state index contributed by atoms with van der Waals surface area (Å²) in [6, 6.07) is 37.4. The molecule has 7 rings (SSSR count). The van der Waals surface area contributed by atoms with Gasteiger partial charge in [-0.1, -0.05) is 109 Å². The minimum atomic E-state index is -2.00. The van der Waals surface area contributed by atoms with Crippen LogP contribution in [0.3, 0.4) is 0 Å². The van der Waals surface area contributed by atoms with Gasteiger partial charge in [0.2, 0.25) is 0 Å². The molecule has 0 spiro atoms. The quantitative estimate of drug-likeness (QED) is 0.105. The van der Waals surface area contributed by atoms with Gasteiger partial charge in [0, 0.05) is 26.2 Å². The highest BCUT2D eigenvalue weighted by molar-refractivity contribution is 6.06. The Balaban J connectivity index is 1.29. The fraction of sp³-hybridized carbons (Fsp3) is 0.225. The highest BCUT2D eigenvalue weighted by Gasteiger charge is 2.57. The molecule has 1 saturated heterocycles. The Morgan fingerprint density at radius 2 is 1.36 bits per heavy atom. The van der Waals surface area contributed by atoms with E-state index in [1.54, 1.807) is 34.9 Å². The van der Waals surface area contributed by atoms with Crippen LogP contribution in [-0.4, -0.2) is 74.0 Å². The van der Waals surface area contributed by atoms with Crippen molar-refractivity contribution in [2.24, 2.45) is 0 Å². The number of nitrogens with one attached hydrogen (secondary N) is 1. The summed E-state index contributed by atoms with van der Waals surface area (Å²) in [5.41, 5.74) is 1.75. The third-order valence-corrected chi connectivity index (χ3v) is 9.21. The number of methoxy groups -OCH3 is 2. The molecule has 2 aromatic heterocycles. The summed E-state index contributed by atoms with van der Waals surface area (Å²) in [6.07, 6.45) is -2.39. The molecule has 0 bridgehead atoms. The van der Waals surface area contributed by atoms with Crippen LogP contribution in [-0.2, 0) is 35.8 Å². The monoisotopic (exact) mass is 715 g/mol. The Labute approximate surface area is 304 Å². The number of hydrogen-bond acceptors (Lipinski definition) is 10. The summed E-state index contributed by atoms with van der Waals surface area (Å²) < 4.78 is 27.5. The first kappa shape index (κ1) is 35.6. The highest BCUT2D eigenvalue weighted by atomic mass is 16.9. The molecule has 13 heteroatoms. The van der Waals surface area contributed by atoms with Crippen molar-refractivity contribution in [2.75, 3.05) is 19.5 Å². The molecule has 6 aromatic rings. The van der Waals surface area contributed by atoms with Crippen molar-refractivity contribution < 1.29 is 38.7 Å². The topological polar surface area (TPSA) is 167 Å². The van der Waals surface area contributed by atoms with E-state index in [0.717, 1.165) is 16.7 Å². The van der Waals surface area contributed by atoms with Crippen LogP contribution in [0.15, 0.2) is 128 Å². The molecule has 0 radical (unpaired) electrons. The van der Waals surface area contributed by atoms with Crippen molar-refractivity contribution >= 4 is 28.9 Å². The minimum Gasteiger partial charge on any atom is -0.481 e. The van der Waals surface area contributed by atoms with E-state index in [2.05, 4.69) is 20.3 Å². The second kappa shape index (κ2) is 15.0. The molecular formula is C40H37N5O8. The number of aromatic nitrogens is 4. The summed E-state index contributed by atoms with van der Waals surface area (Å²) in [7, 11) is 2.83. The van der Waals surface area contributed by atoms with Gasteiger partial charge in [-0.3, -0.25) is 14.2 Å². The van der Waals surface area contributed by atoms with Gasteiger partial charge in [-0.25, -0.2) is 15.0 Å². The number of imidazole rings is 1. The number of rotatable bonds is 13. The van der Waals surface area contributed by atoms with Crippen LogP contribution in [0, 0.1) is 0 Å². The van der Waals surface area contributed by atoms with E-state index in [1.807, 2.05) is 91.0 Å². The first-order valence-electron chi connectivity index (χ1n) is 16.9. The van der Waals surface area contributed by atoms with E-state index in [4.69, 9.17) is 18.9 Å². The molecule has 0 aliphatic carbocycles. The smallest absolute Gasteiger partial charge is 0.314 e. The number of benzene rings is 4. The van der Waals surface area contributed by atoms with Crippen LogP contribution in [0.25, 0.3) is 11.2 Å². The van der Waals surface area contributed by atoms with Crippen molar-refractivity contribution in [2.45, 2.75) is 42.9 Å². The van der Waals surface area contributed by atoms with E-state index >= 15 is 0 Å². The van der Waals surface area contributed by atoms with Gasteiger partial charge in [-0.2, -0.15) is 0 Å². The Bertz CT molecular complexity index is 2080. The molecule has 0 unspecified atom stereocenters. The maximum Gasteiger partial charge on any atom is 0.314 e. The van der Waals surface area contributed by atoms with E-state index in [-0.39, 0.29) is 29.2 Å². The van der Waals surface area contributed by atoms with Gasteiger partial charge in [0.15, 0.2) is 23.1 Å². The van der Waals surface area contributed by atoms with Crippen LogP contribution in [0.1, 0.15) is 45.5 Å². The van der Waals surface area contributed by atoms with Crippen LogP contribution in [0.4, 0.5) is 5.82 Å². The normalized spacial score (nSPS) is 17.5. The van der Waals surface area contributed by atoms with Gasteiger partial charge in [0.1, 0.15) is 24.1 Å². The summed E-state index contributed by atoms with van der Waals surface area (Å²) in [5, 5.41) is 24.1. The first-order chi connectivity index (χ1) is 25.8. The van der Waals surface area contributed by atoms with Gasteiger partial charge in [0.05, 0.1) is 12.4 Å². The largest absolute Gasteiger partial charge is 0.481 e. The Kier molecular flexibility index (Phi) is 10.1. The summed E-state index contributed by atoms with van der Waals surface area (Å²) in [4.78, 5) is 38.1. The summed E-state index contributed by atoms with van der Waals surface area (Å²) in [5.74, 6) is -3.66. The second-order valence-corrected chi connectivity index (χ2v) is 12.4. The van der Waals surface area contributed by atoms with E-state index in [1.165, 1.54) is 20.5 Å². The number of nitrogens with zero attached hydrogens (tertiary/aromatic N) is 4. The van der Waals surface area contributed by atoms with Gasteiger partial charge in [-0.05, 0) is 28.8 Å². The van der Waals surface area contributed by atoms with E-state index in [9.17, 15) is 19.8 Å². The van der Waals surface area contributed by atoms with Crippen LogP contribution < -0.4 is 5.32 Å². The van der Waals surface area contributed by atoms with Gasteiger partial charge in [0.25, 0.3) is 5.91 Å². The zero-order valence-corrected chi connectivity index (χ0v) is 28.9. The lowest BCUT2D eigenvalue weighted by Gasteiger charge is -2.45. The highest BCUT2D eigenvalue weighted by Crippen LogP contribution is 2.47. The SMILES string of the molecule is COC(OC)(OC(c1ccccc1)(c1ccccc1)c1ccccc1)[C@@H]1O[C@@H](n2cnc3c(NC(=O)c4ccccc4)nc(CC(=O)O)nc32)C[C@@H]1O. The van der Waals surface area contributed by atoms with Crippen LogP contribution >= 0.6 is 0 Å². The molecule has 1 aliphatic heterocycles. The predicted molar refractivity (Wildman–Crippen MR) is 193 cm³/mol. The Hall–Kier alpha value is -5.83. The second-order valence-electron chi connectivity index (χ2n) is 12.4. The number of fused-ring (bicyclic) bond motifs is 1. The fourth-order valence-corrected chi connectivity index (χ4v) is 6.75. The standard InChI is InChI=1S/C40H37N5O8/c1-50-40(51-2,53-39(27-17-9-4-10-18-27,28-19-11-5-12-20-28)29-21-13-6-14-22-29)35-30(46)23-32(52-35)45-25-41-34-36(42-31(24-33(47)48)43-37(34)45)44-38(49)26-15-7-3-8-16-26/h3-22,25,30,32,35,46H,23-24H2,1-2H3,(H,47,48)(H,42,43,44,49)/t30-,32+,35+/m0/s1. The van der Waals surface area contributed by atoms with Gasteiger partial charge >= 0.3 is 11.9 Å². The number of carbonyl (C=O) groups is 2. The third kappa shape index (κ3) is 6.79. The zero-order chi connectivity index (χ0) is 37.0. The van der Waals surface area contributed by atoms with E-state index < -0.39 is 48.3 Å². The van der Waals surface area contributed by atoms with Crippen LogP contribution in [0.5, 0.6) is 0 Å². The van der Waals surface area contributed by atoms with Crippen molar-refractivity contribution in [1.29, 1.82) is 0 Å². The number of carboxylic acids is 1. The Morgan fingerprint density at radius 3 is 1.87 bits per heavy atom. The number of amides is 1. The maximum atomic E-state index is 13.1. The lowest BCUT2D eigenvalue weighted by atomic mass is 9.80. The molecule has 53 heavy (non-hydrogen) atoms. The predicted octanol–water partition coefficient (Wildman–Crippen LogP) is 5.31. The molecule has 1 fully saturated rings. The van der Waals surface area contributed by atoms with Crippen molar-refractivity contribution in [1.82, 2.24) is 19.5 Å². The van der Waals surface area contributed by atoms with Crippen molar-refractivity contribution in [3.63, 3.8) is 0 Å². The average molecular weight is 716 g/mol. The van der Waals surface area contributed by atoms with Gasteiger partial charge in [-0.15, -0.1) is 0 Å². The molecular weight excluding hydrogens is 678 g/mol. The van der Waals surface area contributed by atoms with Crippen molar-refractivity contribution in [3.05, 3.63) is 156 Å². The summed E-state index contributed by atoms with van der Waals surface area (Å²) in [6.45, 7) is 0. The van der Waals surface area contributed by atoms with Crippen LogP contribution in [0.2, 0.25) is 0 Å². The molecule has 3 heterocycles. The number of aliphatic hydroxyl groups excluding tert-OH is 1. The molecule has 270 valence electrons. The minimum absolute atomic E-state index is 0.0208. The summed E-state index contributed by atoms with van der Waals surface area (Å²) >= 11 is 0. The fourth-order valence-electron chi connectivity index (χ4n) is 6.75. The Morgan fingerprint density at radius 1 is 0.830 bits per heavy atom. The number of carbonyl (C=O) groups excluding carboxylic acids is 1. The molecule has 3 atom stereocenters. The average Bonchev–Trinajstić information content (AvgIpc) is 3.80. The number of aliphatic carboxylic acids is 1. The zero-order valence-electron chi connectivity index (χ0n) is 28.9. The number of anilines is 1. The van der Waals surface area contributed by atoms with E-state index in [0.29, 0.717) is 5.56 Å². The number of carboxylic acid groups (broad SMARTS) is 1. The molecule has 0 saturated carbocycles. The van der Waals surface area contributed by atoms with Crippen molar-refractivity contribution in [3.8, 4) is 0 Å². The molecule has 1 amide bonds. The third-order valence-electron chi connectivity index (χ3n) is 9.21. The lowest BCUT2D eigenvalue weighted by Crippen LogP contribution is -2.57. The number of hydrogen-bond donors (Lipinski definition) is 3. The molecule has 4 aromatic carbocycles. The number of aliphatic hydroxyl groups is 1. The lowest BCUT2D eigenvalue weighted by molar-refractivity contribution is -0.428. The van der Waals surface area contributed by atoms with Gasteiger partial charge < -0.3 is 34.5 Å². The molecule has 1 aliphatic rings. The number of ether oxygens (including phenoxy) is 4. The maximum absolute atomic E-state index is 13.1. The first-order valence-corrected chi connectivity index (χ1v) is 16.9. The molecule has 3 N–H and O–H groups in total.